The summed E-state index contributed by atoms with van der Waals surface area (Å²) < 4.78 is 40.0. The third-order valence-corrected chi connectivity index (χ3v) is 5.39. The van der Waals surface area contributed by atoms with Gasteiger partial charge >= 0.3 is 0 Å². The molecule has 0 atom stereocenters. The van der Waals surface area contributed by atoms with Crippen LogP contribution >= 0.6 is 0 Å². The second-order valence-electron chi connectivity index (χ2n) is 4.85. The lowest BCUT2D eigenvalue weighted by atomic mass is 10.2. The minimum absolute atomic E-state index is 0.126. The number of azide groups is 1. The summed E-state index contributed by atoms with van der Waals surface area (Å²) >= 11 is 0. The molecule has 0 radical (unpaired) electrons. The third-order valence-electron chi connectivity index (χ3n) is 3.41. The van der Waals surface area contributed by atoms with Crippen LogP contribution in [-0.4, -0.2) is 50.8 Å². The number of piperazine rings is 1. The van der Waals surface area contributed by atoms with Crippen molar-refractivity contribution in [1.29, 1.82) is 0 Å². The summed E-state index contributed by atoms with van der Waals surface area (Å²) in [7, 11) is -1.87. The molecule has 0 bridgehead atoms. The Morgan fingerprint density at radius 2 is 2.00 bits per heavy atom. The maximum atomic E-state index is 13.4. The fraction of sp³-hybridized carbons (Fsp3) is 0.500. The molecule has 114 valence electrons. The van der Waals surface area contributed by atoms with Gasteiger partial charge in [0.05, 0.1) is 11.4 Å². The molecule has 0 aromatic heterocycles. The zero-order valence-corrected chi connectivity index (χ0v) is 12.4. The number of benzene rings is 1. The van der Waals surface area contributed by atoms with E-state index in [2.05, 4.69) is 10.0 Å². The first-order chi connectivity index (χ1) is 9.95. The summed E-state index contributed by atoms with van der Waals surface area (Å²) in [5.74, 6) is -0.632. The first-order valence-corrected chi connectivity index (χ1v) is 7.87. The van der Waals surface area contributed by atoms with Crippen LogP contribution in [0.25, 0.3) is 10.4 Å². The predicted octanol–water partition coefficient (Wildman–Crippen LogP) is 1.57. The molecule has 0 spiro atoms. The molecule has 7 nitrogen and oxygen atoms in total. The van der Waals surface area contributed by atoms with Crippen molar-refractivity contribution in [3.05, 3.63) is 40.0 Å². The third kappa shape index (κ3) is 3.51. The minimum Gasteiger partial charge on any atom is -0.304 e. The van der Waals surface area contributed by atoms with Crippen LogP contribution in [0.2, 0.25) is 0 Å². The van der Waals surface area contributed by atoms with Crippen LogP contribution in [0.5, 0.6) is 0 Å². The molecule has 0 aliphatic carbocycles. The lowest BCUT2D eigenvalue weighted by Gasteiger charge is -2.32. The van der Waals surface area contributed by atoms with Crippen LogP contribution in [0, 0.1) is 5.82 Å². The van der Waals surface area contributed by atoms with E-state index in [0.29, 0.717) is 31.7 Å². The van der Waals surface area contributed by atoms with E-state index in [1.165, 1.54) is 10.4 Å². The molecule has 1 saturated heterocycles. The van der Waals surface area contributed by atoms with E-state index in [4.69, 9.17) is 5.53 Å². The van der Waals surface area contributed by atoms with E-state index in [0.717, 1.165) is 12.1 Å². The van der Waals surface area contributed by atoms with Gasteiger partial charge in [-0.15, -0.1) is 0 Å². The quantitative estimate of drug-likeness (QED) is 0.480. The molecule has 0 saturated carbocycles. The van der Waals surface area contributed by atoms with Crippen molar-refractivity contribution < 1.29 is 12.8 Å². The highest BCUT2D eigenvalue weighted by Gasteiger charge is 2.29. The Labute approximate surface area is 122 Å². The first kappa shape index (κ1) is 15.7. The SMILES string of the molecule is CN1CCN(S(=O)(=O)c2cc(F)ccc2CN=[N+]=[N-])CC1. The van der Waals surface area contributed by atoms with Gasteiger partial charge in [-0.1, -0.05) is 11.2 Å². The molecule has 1 aliphatic heterocycles. The second-order valence-corrected chi connectivity index (χ2v) is 6.75. The summed E-state index contributed by atoms with van der Waals surface area (Å²) in [5.41, 5.74) is 8.67. The number of sulfonamides is 1. The van der Waals surface area contributed by atoms with Crippen molar-refractivity contribution in [2.75, 3.05) is 33.2 Å². The number of hydrogen-bond donors (Lipinski definition) is 0. The highest BCUT2D eigenvalue weighted by Crippen LogP contribution is 2.23. The van der Waals surface area contributed by atoms with Gasteiger partial charge in [0.2, 0.25) is 10.0 Å². The van der Waals surface area contributed by atoms with E-state index >= 15 is 0 Å². The van der Waals surface area contributed by atoms with Crippen molar-refractivity contribution >= 4 is 10.0 Å². The standard InChI is InChI=1S/C12H16FN5O2S/c1-17-4-6-18(7-5-17)21(19,20)12-8-11(13)3-2-10(12)9-15-16-14/h2-3,8H,4-7,9H2,1H3. The predicted molar refractivity (Wildman–Crippen MR) is 75.5 cm³/mol. The maximum Gasteiger partial charge on any atom is 0.243 e. The van der Waals surface area contributed by atoms with Crippen molar-refractivity contribution in [3.63, 3.8) is 0 Å². The molecule has 0 amide bonds. The summed E-state index contributed by atoms with van der Waals surface area (Å²) in [6.45, 7) is 1.84. The van der Waals surface area contributed by atoms with Crippen LogP contribution in [0.4, 0.5) is 4.39 Å². The molecular weight excluding hydrogens is 297 g/mol. The smallest absolute Gasteiger partial charge is 0.243 e. The van der Waals surface area contributed by atoms with Gasteiger partial charge in [0.1, 0.15) is 5.82 Å². The van der Waals surface area contributed by atoms with Gasteiger partial charge in [-0.25, -0.2) is 12.8 Å². The Morgan fingerprint density at radius 3 is 2.62 bits per heavy atom. The molecule has 9 heteroatoms. The normalized spacial score (nSPS) is 17.4. The first-order valence-electron chi connectivity index (χ1n) is 6.43. The molecule has 0 unspecified atom stereocenters. The zero-order chi connectivity index (χ0) is 15.5. The molecule has 2 rings (SSSR count). The van der Waals surface area contributed by atoms with Crippen LogP contribution in [0.15, 0.2) is 28.2 Å². The molecule has 1 aromatic carbocycles. The maximum absolute atomic E-state index is 13.4. The average Bonchev–Trinajstić information content (AvgIpc) is 2.46. The largest absolute Gasteiger partial charge is 0.304 e. The van der Waals surface area contributed by atoms with Crippen molar-refractivity contribution in [3.8, 4) is 0 Å². The van der Waals surface area contributed by atoms with Crippen LogP contribution in [-0.2, 0) is 16.6 Å². The number of rotatable bonds is 4. The molecular formula is C12H16FN5O2S. The van der Waals surface area contributed by atoms with Crippen molar-refractivity contribution in [1.82, 2.24) is 9.21 Å². The summed E-state index contributed by atoms with van der Waals surface area (Å²) in [5, 5.41) is 3.37. The number of halogens is 1. The van der Waals surface area contributed by atoms with E-state index in [1.807, 2.05) is 11.9 Å². The molecule has 1 fully saturated rings. The number of likely N-dealkylation sites (N-methyl/N-ethyl adjacent to an activating group) is 1. The fourth-order valence-corrected chi connectivity index (χ4v) is 3.82. The molecule has 1 aliphatic rings. The van der Waals surface area contributed by atoms with Gasteiger partial charge in [0, 0.05) is 31.1 Å². The van der Waals surface area contributed by atoms with Gasteiger partial charge in [-0.3, -0.25) is 0 Å². The van der Waals surface area contributed by atoms with Gasteiger partial charge < -0.3 is 4.90 Å². The van der Waals surface area contributed by atoms with Crippen LogP contribution in [0.3, 0.4) is 0 Å². The van der Waals surface area contributed by atoms with Crippen LogP contribution in [0.1, 0.15) is 5.56 Å². The van der Waals surface area contributed by atoms with Gasteiger partial charge in [-0.2, -0.15) is 4.31 Å². The second kappa shape index (κ2) is 6.40. The molecule has 0 N–H and O–H groups in total. The summed E-state index contributed by atoms with van der Waals surface area (Å²) in [6, 6.07) is 3.48. The lowest BCUT2D eigenvalue weighted by Crippen LogP contribution is -2.47. The molecule has 1 aromatic rings. The average molecular weight is 313 g/mol. The van der Waals surface area contributed by atoms with Gasteiger partial charge in [-0.05, 0) is 30.3 Å². The van der Waals surface area contributed by atoms with Gasteiger partial charge in [0.25, 0.3) is 0 Å². The Balaban J connectivity index is 2.38. The van der Waals surface area contributed by atoms with Crippen LogP contribution < -0.4 is 0 Å². The Morgan fingerprint density at radius 1 is 1.33 bits per heavy atom. The minimum atomic E-state index is -3.79. The topological polar surface area (TPSA) is 89.4 Å². The highest BCUT2D eigenvalue weighted by molar-refractivity contribution is 7.89. The van der Waals surface area contributed by atoms with E-state index < -0.39 is 15.8 Å². The fourth-order valence-electron chi connectivity index (χ4n) is 2.17. The Bertz CT molecular complexity index is 664. The molecule has 1 heterocycles. The lowest BCUT2D eigenvalue weighted by molar-refractivity contribution is 0.222. The van der Waals surface area contributed by atoms with E-state index in [-0.39, 0.29) is 11.4 Å². The van der Waals surface area contributed by atoms with E-state index in [9.17, 15) is 12.8 Å². The highest BCUT2D eigenvalue weighted by atomic mass is 32.2. The Hall–Kier alpha value is -1.67. The summed E-state index contributed by atoms with van der Waals surface area (Å²) in [4.78, 5) is 4.52. The number of nitrogens with zero attached hydrogens (tertiary/aromatic N) is 5. The van der Waals surface area contributed by atoms with Crippen molar-refractivity contribution in [2.45, 2.75) is 11.4 Å². The number of hydrogen-bond acceptors (Lipinski definition) is 4. The summed E-state index contributed by atoms with van der Waals surface area (Å²) in [6.07, 6.45) is 0. The zero-order valence-electron chi connectivity index (χ0n) is 11.6. The van der Waals surface area contributed by atoms with Gasteiger partial charge in [0.15, 0.2) is 0 Å². The molecule has 21 heavy (non-hydrogen) atoms. The monoisotopic (exact) mass is 313 g/mol. The van der Waals surface area contributed by atoms with Crippen molar-refractivity contribution in [2.24, 2.45) is 5.11 Å². The Kier molecular flexibility index (Phi) is 4.79. The van der Waals surface area contributed by atoms with E-state index in [1.54, 1.807) is 0 Å².